The third kappa shape index (κ3) is 7.12. The fraction of sp³-hybridized carbons (Fsp3) is 0.833. The molecule has 0 aromatic carbocycles. The molecule has 1 rings (SSSR count). The number of hydrogen-bond acceptors (Lipinski definition) is 2. The Morgan fingerprint density at radius 1 is 1.05 bits per heavy atom. The van der Waals surface area contributed by atoms with Crippen LogP contribution in [0.15, 0.2) is 12.7 Å². The minimum Gasteiger partial charge on any atom is -0.462 e. The van der Waals surface area contributed by atoms with Gasteiger partial charge in [0.05, 0.1) is 6.61 Å². The molecular formula is C18H32O2. The molecule has 2 nitrogen and oxygen atoms in total. The van der Waals surface area contributed by atoms with Gasteiger partial charge in [0.15, 0.2) is 0 Å². The molecule has 4 atom stereocenters. The molecule has 20 heavy (non-hydrogen) atoms. The van der Waals surface area contributed by atoms with Gasteiger partial charge in [-0.25, -0.2) is 4.79 Å². The molecule has 0 N–H and O–H groups in total. The van der Waals surface area contributed by atoms with Crippen LogP contribution in [0.2, 0.25) is 0 Å². The summed E-state index contributed by atoms with van der Waals surface area (Å²) in [6.07, 6.45) is 10.2. The summed E-state index contributed by atoms with van der Waals surface area (Å²) in [4.78, 5) is 11.2. The normalized spacial score (nSPS) is 33.0. The van der Waals surface area contributed by atoms with Crippen molar-refractivity contribution < 1.29 is 9.53 Å². The second kappa shape index (κ2) is 9.20. The van der Waals surface area contributed by atoms with Crippen molar-refractivity contribution in [2.75, 3.05) is 6.61 Å². The number of esters is 1. The molecule has 0 aromatic rings. The molecule has 4 unspecified atom stereocenters. The average molecular weight is 280 g/mol. The first kappa shape index (κ1) is 17.3. The highest BCUT2D eigenvalue weighted by Crippen LogP contribution is 2.29. The summed E-state index contributed by atoms with van der Waals surface area (Å²) in [6.45, 7) is 11.1. The fourth-order valence-electron chi connectivity index (χ4n) is 3.46. The van der Waals surface area contributed by atoms with E-state index < -0.39 is 0 Å². The molecule has 1 saturated carbocycles. The van der Waals surface area contributed by atoms with Gasteiger partial charge < -0.3 is 4.74 Å². The predicted molar refractivity (Wildman–Crippen MR) is 84.5 cm³/mol. The van der Waals surface area contributed by atoms with Gasteiger partial charge in [-0.05, 0) is 42.9 Å². The topological polar surface area (TPSA) is 26.3 Å². The minimum absolute atomic E-state index is 0.283. The second-order valence-corrected chi connectivity index (χ2v) is 7.00. The zero-order valence-corrected chi connectivity index (χ0v) is 13.6. The zero-order chi connectivity index (χ0) is 15.0. The Labute approximate surface area is 125 Å². The van der Waals surface area contributed by atoms with E-state index in [1.54, 1.807) is 0 Å². The smallest absolute Gasteiger partial charge is 0.330 e. The van der Waals surface area contributed by atoms with E-state index in [-0.39, 0.29) is 5.97 Å². The maximum Gasteiger partial charge on any atom is 0.330 e. The highest BCUT2D eigenvalue weighted by atomic mass is 16.5. The zero-order valence-electron chi connectivity index (χ0n) is 13.6. The van der Waals surface area contributed by atoms with Crippen molar-refractivity contribution in [3.63, 3.8) is 0 Å². The van der Waals surface area contributed by atoms with Crippen LogP contribution in [0.4, 0.5) is 0 Å². The van der Waals surface area contributed by atoms with Gasteiger partial charge in [-0.1, -0.05) is 53.0 Å². The Morgan fingerprint density at radius 2 is 1.65 bits per heavy atom. The van der Waals surface area contributed by atoms with Crippen molar-refractivity contribution >= 4 is 5.97 Å². The first-order valence-electron chi connectivity index (χ1n) is 8.30. The Hall–Kier alpha value is -0.790. The highest BCUT2D eigenvalue weighted by molar-refractivity contribution is 5.81. The molecule has 1 aliphatic rings. The Balaban J connectivity index is 2.51. The second-order valence-electron chi connectivity index (χ2n) is 7.00. The maximum absolute atomic E-state index is 11.2. The van der Waals surface area contributed by atoms with Crippen molar-refractivity contribution in [3.8, 4) is 0 Å². The van der Waals surface area contributed by atoms with E-state index in [0.717, 1.165) is 17.8 Å². The number of ether oxygens (including phenoxy) is 1. The predicted octanol–water partition coefficient (Wildman–Crippen LogP) is 4.98. The van der Waals surface area contributed by atoms with E-state index in [0.29, 0.717) is 12.5 Å². The van der Waals surface area contributed by atoms with Crippen molar-refractivity contribution in [3.05, 3.63) is 12.7 Å². The third-order valence-corrected chi connectivity index (χ3v) is 4.63. The average Bonchev–Trinajstić information content (AvgIpc) is 2.43. The van der Waals surface area contributed by atoms with Crippen LogP contribution in [-0.2, 0) is 9.53 Å². The quantitative estimate of drug-likeness (QED) is 0.538. The lowest BCUT2D eigenvalue weighted by Crippen LogP contribution is -2.16. The van der Waals surface area contributed by atoms with Gasteiger partial charge >= 0.3 is 5.97 Å². The lowest BCUT2D eigenvalue weighted by Gasteiger charge is -2.20. The van der Waals surface area contributed by atoms with Crippen LogP contribution in [0.1, 0.15) is 65.7 Å². The van der Waals surface area contributed by atoms with Gasteiger partial charge in [-0.3, -0.25) is 0 Å². The monoisotopic (exact) mass is 280 g/mol. The third-order valence-electron chi connectivity index (χ3n) is 4.63. The van der Waals surface area contributed by atoms with Crippen LogP contribution in [0.25, 0.3) is 0 Å². The van der Waals surface area contributed by atoms with E-state index in [1.807, 2.05) is 0 Å². The van der Waals surface area contributed by atoms with Crippen molar-refractivity contribution in [1.82, 2.24) is 0 Å². The molecule has 1 fully saturated rings. The molecular weight excluding hydrogens is 248 g/mol. The molecule has 0 amide bonds. The minimum atomic E-state index is -0.283. The van der Waals surface area contributed by atoms with Gasteiger partial charge in [0.2, 0.25) is 0 Å². The van der Waals surface area contributed by atoms with E-state index >= 15 is 0 Å². The molecule has 0 heterocycles. The van der Waals surface area contributed by atoms with E-state index in [1.165, 1.54) is 51.0 Å². The number of carbonyl (C=O) groups excluding carboxylic acids is 1. The highest BCUT2D eigenvalue weighted by Gasteiger charge is 2.19. The number of hydrogen-bond donors (Lipinski definition) is 0. The van der Waals surface area contributed by atoms with Crippen LogP contribution in [0, 0.1) is 23.7 Å². The largest absolute Gasteiger partial charge is 0.462 e. The van der Waals surface area contributed by atoms with Crippen LogP contribution in [-0.4, -0.2) is 12.6 Å². The van der Waals surface area contributed by atoms with Gasteiger partial charge in [0.1, 0.15) is 0 Å². The van der Waals surface area contributed by atoms with E-state index in [9.17, 15) is 4.79 Å². The SMILES string of the molecule is C=CC(=O)OCC1CCCC(C)CC(C)CCC(C)C1. The molecule has 116 valence electrons. The van der Waals surface area contributed by atoms with Crippen LogP contribution >= 0.6 is 0 Å². The van der Waals surface area contributed by atoms with Crippen molar-refractivity contribution in [2.45, 2.75) is 65.7 Å². The Kier molecular flexibility index (Phi) is 7.94. The maximum atomic E-state index is 11.2. The lowest BCUT2D eigenvalue weighted by atomic mass is 9.88. The first-order valence-corrected chi connectivity index (χ1v) is 8.30. The molecule has 0 aromatic heterocycles. The molecule has 0 saturated heterocycles. The molecule has 0 radical (unpaired) electrons. The molecule has 0 spiro atoms. The molecule has 2 heteroatoms. The Morgan fingerprint density at radius 3 is 2.30 bits per heavy atom. The van der Waals surface area contributed by atoms with Gasteiger partial charge in [0.25, 0.3) is 0 Å². The van der Waals surface area contributed by atoms with E-state index in [4.69, 9.17) is 4.74 Å². The van der Waals surface area contributed by atoms with Crippen LogP contribution in [0.5, 0.6) is 0 Å². The molecule has 0 bridgehead atoms. The van der Waals surface area contributed by atoms with Crippen LogP contribution < -0.4 is 0 Å². The van der Waals surface area contributed by atoms with Gasteiger partial charge in [-0.15, -0.1) is 0 Å². The summed E-state index contributed by atoms with van der Waals surface area (Å²) in [6, 6.07) is 0. The number of rotatable bonds is 3. The fourth-order valence-corrected chi connectivity index (χ4v) is 3.46. The summed E-state index contributed by atoms with van der Waals surface area (Å²) in [5.74, 6) is 2.65. The summed E-state index contributed by atoms with van der Waals surface area (Å²) < 4.78 is 5.27. The van der Waals surface area contributed by atoms with Crippen LogP contribution in [0.3, 0.4) is 0 Å². The summed E-state index contributed by atoms with van der Waals surface area (Å²) >= 11 is 0. The summed E-state index contributed by atoms with van der Waals surface area (Å²) in [5, 5.41) is 0. The van der Waals surface area contributed by atoms with E-state index in [2.05, 4.69) is 27.4 Å². The van der Waals surface area contributed by atoms with Gasteiger partial charge in [-0.2, -0.15) is 0 Å². The van der Waals surface area contributed by atoms with Gasteiger partial charge in [0, 0.05) is 6.08 Å². The Bertz CT molecular complexity index is 298. The summed E-state index contributed by atoms with van der Waals surface area (Å²) in [5.41, 5.74) is 0. The molecule has 1 aliphatic carbocycles. The standard InChI is InChI=1S/C18H32O2/c1-5-18(19)20-13-17-8-6-7-14(2)11-15(3)9-10-16(4)12-17/h5,14-17H,1,6-13H2,2-4H3. The number of carbonyl (C=O) groups is 1. The molecule has 0 aliphatic heterocycles. The summed E-state index contributed by atoms with van der Waals surface area (Å²) in [7, 11) is 0. The van der Waals surface area contributed by atoms with Crippen molar-refractivity contribution in [1.29, 1.82) is 0 Å². The first-order chi connectivity index (χ1) is 9.51. The van der Waals surface area contributed by atoms with Crippen molar-refractivity contribution in [2.24, 2.45) is 23.7 Å². The lowest BCUT2D eigenvalue weighted by molar-refractivity contribution is -0.139.